The van der Waals surface area contributed by atoms with E-state index in [1.807, 2.05) is 0 Å². The van der Waals surface area contributed by atoms with Crippen molar-refractivity contribution in [3.63, 3.8) is 0 Å². The number of hydrogen-bond acceptors (Lipinski definition) is 3. The molecule has 0 aromatic heterocycles. The standard InChI is InChI=1S/C16H12ClFN2O2S/c1-10-15(11-5-7-12(17)8-6-11)23(21,22)20-16(10)19-14-4-2-3-13(18)9-14/h2-9H,1H3,(H,19,20). The van der Waals surface area contributed by atoms with Crippen LogP contribution in [0.15, 0.2) is 58.5 Å². The Morgan fingerprint density at radius 3 is 2.48 bits per heavy atom. The Labute approximate surface area is 138 Å². The van der Waals surface area contributed by atoms with Gasteiger partial charge in [-0.3, -0.25) is 0 Å². The lowest BCUT2D eigenvalue weighted by Gasteiger charge is -2.07. The van der Waals surface area contributed by atoms with Crippen LogP contribution >= 0.6 is 11.6 Å². The number of nitrogens with zero attached hydrogens (tertiary/aromatic N) is 1. The molecule has 1 heterocycles. The zero-order chi connectivity index (χ0) is 16.6. The highest BCUT2D eigenvalue weighted by Gasteiger charge is 2.31. The number of sulfonamides is 1. The summed E-state index contributed by atoms with van der Waals surface area (Å²) < 4.78 is 41.7. The van der Waals surface area contributed by atoms with E-state index in [0.29, 0.717) is 21.8 Å². The summed E-state index contributed by atoms with van der Waals surface area (Å²) in [4.78, 5) is 0.119. The second-order valence-electron chi connectivity index (χ2n) is 5.01. The Kier molecular flexibility index (Phi) is 3.95. The van der Waals surface area contributed by atoms with Crippen LogP contribution in [-0.2, 0) is 10.0 Å². The fourth-order valence-corrected chi connectivity index (χ4v) is 3.88. The van der Waals surface area contributed by atoms with Crippen LogP contribution in [0.5, 0.6) is 0 Å². The number of nitrogens with one attached hydrogen (secondary N) is 1. The van der Waals surface area contributed by atoms with Gasteiger partial charge in [0.15, 0.2) is 0 Å². The highest BCUT2D eigenvalue weighted by molar-refractivity contribution is 8.00. The van der Waals surface area contributed by atoms with E-state index >= 15 is 0 Å². The van der Waals surface area contributed by atoms with Gasteiger partial charge in [0.1, 0.15) is 16.6 Å². The van der Waals surface area contributed by atoms with E-state index < -0.39 is 15.8 Å². The van der Waals surface area contributed by atoms with Crippen LogP contribution in [0.4, 0.5) is 10.1 Å². The molecule has 0 radical (unpaired) electrons. The SMILES string of the molecule is CC1=C(c2ccc(Cl)cc2)S(=O)(=O)N=C1Nc1cccc(F)c1. The first-order chi connectivity index (χ1) is 10.9. The monoisotopic (exact) mass is 350 g/mol. The molecule has 2 aromatic rings. The molecule has 1 N–H and O–H groups in total. The second-order valence-corrected chi connectivity index (χ2v) is 6.99. The van der Waals surface area contributed by atoms with Crippen molar-refractivity contribution in [1.82, 2.24) is 0 Å². The maximum atomic E-state index is 13.2. The van der Waals surface area contributed by atoms with Gasteiger partial charge in [0, 0.05) is 16.3 Å². The normalized spacial score (nSPS) is 16.4. The number of amidine groups is 1. The molecular weight excluding hydrogens is 339 g/mol. The fraction of sp³-hybridized carbons (Fsp3) is 0.0625. The Hall–Kier alpha value is -2.18. The van der Waals surface area contributed by atoms with Crippen molar-refractivity contribution in [3.8, 4) is 0 Å². The molecule has 0 saturated heterocycles. The molecule has 0 saturated carbocycles. The largest absolute Gasteiger partial charge is 0.339 e. The van der Waals surface area contributed by atoms with Gasteiger partial charge >= 0.3 is 0 Å². The molecule has 0 fully saturated rings. The lowest BCUT2D eigenvalue weighted by atomic mass is 10.1. The Morgan fingerprint density at radius 1 is 1.13 bits per heavy atom. The minimum Gasteiger partial charge on any atom is -0.339 e. The molecule has 2 aromatic carbocycles. The van der Waals surface area contributed by atoms with Crippen LogP contribution in [0.25, 0.3) is 4.91 Å². The van der Waals surface area contributed by atoms with E-state index in [9.17, 15) is 12.8 Å². The first-order valence-electron chi connectivity index (χ1n) is 6.71. The average Bonchev–Trinajstić information content (AvgIpc) is 2.70. The summed E-state index contributed by atoms with van der Waals surface area (Å²) in [6.45, 7) is 1.65. The summed E-state index contributed by atoms with van der Waals surface area (Å²) in [6, 6.07) is 12.2. The van der Waals surface area contributed by atoms with Gasteiger partial charge in [-0.05, 0) is 42.8 Å². The van der Waals surface area contributed by atoms with E-state index in [2.05, 4.69) is 9.71 Å². The Balaban J connectivity index is 2.01. The van der Waals surface area contributed by atoms with Crippen LogP contribution in [-0.4, -0.2) is 14.3 Å². The van der Waals surface area contributed by atoms with Gasteiger partial charge in [-0.15, -0.1) is 4.40 Å². The van der Waals surface area contributed by atoms with E-state index in [-0.39, 0.29) is 10.7 Å². The van der Waals surface area contributed by atoms with Crippen molar-refractivity contribution in [2.24, 2.45) is 4.40 Å². The van der Waals surface area contributed by atoms with E-state index in [4.69, 9.17) is 11.6 Å². The lowest BCUT2D eigenvalue weighted by molar-refractivity contribution is 0.608. The second kappa shape index (κ2) is 5.79. The predicted molar refractivity (Wildman–Crippen MR) is 90.4 cm³/mol. The van der Waals surface area contributed by atoms with Crippen molar-refractivity contribution < 1.29 is 12.8 Å². The molecule has 0 atom stereocenters. The molecule has 0 aliphatic carbocycles. The van der Waals surface area contributed by atoms with Gasteiger partial charge in [-0.25, -0.2) is 4.39 Å². The first kappa shape index (κ1) is 15.7. The van der Waals surface area contributed by atoms with E-state index in [1.165, 1.54) is 18.2 Å². The highest BCUT2D eigenvalue weighted by atomic mass is 35.5. The van der Waals surface area contributed by atoms with Gasteiger partial charge in [0.2, 0.25) is 0 Å². The van der Waals surface area contributed by atoms with Crippen LogP contribution < -0.4 is 5.32 Å². The van der Waals surface area contributed by atoms with Crippen LogP contribution in [0, 0.1) is 5.82 Å². The third-order valence-electron chi connectivity index (χ3n) is 3.36. The summed E-state index contributed by atoms with van der Waals surface area (Å²) in [5, 5.41) is 3.36. The van der Waals surface area contributed by atoms with Crippen molar-refractivity contribution in [2.45, 2.75) is 6.92 Å². The summed E-state index contributed by atoms with van der Waals surface area (Å²) in [6.07, 6.45) is 0. The number of rotatable bonds is 2. The molecule has 0 unspecified atom stereocenters. The molecule has 7 heteroatoms. The zero-order valence-electron chi connectivity index (χ0n) is 12.0. The molecular formula is C16H12ClFN2O2S. The van der Waals surface area contributed by atoms with Gasteiger partial charge in [-0.2, -0.15) is 8.42 Å². The molecule has 0 amide bonds. The molecule has 1 aliphatic heterocycles. The molecule has 4 nitrogen and oxygen atoms in total. The molecule has 0 bridgehead atoms. The van der Waals surface area contributed by atoms with Crippen LogP contribution in [0.1, 0.15) is 12.5 Å². The van der Waals surface area contributed by atoms with E-state index in [0.717, 1.165) is 0 Å². The predicted octanol–water partition coefficient (Wildman–Crippen LogP) is 4.06. The van der Waals surface area contributed by atoms with Crippen LogP contribution in [0.3, 0.4) is 0 Å². The number of anilines is 1. The van der Waals surface area contributed by atoms with Crippen molar-refractivity contribution in [1.29, 1.82) is 0 Å². The maximum absolute atomic E-state index is 13.2. The minimum atomic E-state index is -3.81. The van der Waals surface area contributed by atoms with E-state index in [1.54, 1.807) is 37.3 Å². The summed E-state index contributed by atoms with van der Waals surface area (Å²) in [5.74, 6) is -0.239. The molecule has 118 valence electrons. The third kappa shape index (κ3) is 3.13. The van der Waals surface area contributed by atoms with Gasteiger partial charge in [-0.1, -0.05) is 29.8 Å². The molecule has 1 aliphatic rings. The highest BCUT2D eigenvalue weighted by Crippen LogP contribution is 2.33. The minimum absolute atomic E-state index is 0.119. The van der Waals surface area contributed by atoms with Gasteiger partial charge < -0.3 is 5.32 Å². The fourth-order valence-electron chi connectivity index (χ4n) is 2.32. The topological polar surface area (TPSA) is 58.5 Å². The Morgan fingerprint density at radius 2 is 1.83 bits per heavy atom. The summed E-state index contributed by atoms with van der Waals surface area (Å²) in [5.41, 5.74) is 1.40. The lowest BCUT2D eigenvalue weighted by Crippen LogP contribution is -2.11. The smallest absolute Gasteiger partial charge is 0.285 e. The van der Waals surface area contributed by atoms with Gasteiger partial charge in [0.25, 0.3) is 10.0 Å². The Bertz CT molecular complexity index is 935. The first-order valence-corrected chi connectivity index (χ1v) is 8.53. The third-order valence-corrected chi connectivity index (χ3v) is 5.09. The summed E-state index contributed by atoms with van der Waals surface area (Å²) >= 11 is 5.83. The van der Waals surface area contributed by atoms with Gasteiger partial charge in [0.05, 0.1) is 0 Å². The quantitative estimate of drug-likeness (QED) is 0.888. The molecule has 0 spiro atoms. The van der Waals surface area contributed by atoms with Crippen molar-refractivity contribution in [2.75, 3.05) is 5.32 Å². The van der Waals surface area contributed by atoms with Crippen LogP contribution in [0.2, 0.25) is 5.02 Å². The zero-order valence-corrected chi connectivity index (χ0v) is 13.6. The van der Waals surface area contributed by atoms with Crippen molar-refractivity contribution in [3.05, 3.63) is 70.5 Å². The summed E-state index contributed by atoms with van der Waals surface area (Å²) in [7, 11) is -3.81. The van der Waals surface area contributed by atoms with Crippen molar-refractivity contribution >= 4 is 38.1 Å². The number of hydrogen-bond donors (Lipinski definition) is 1. The molecule has 23 heavy (non-hydrogen) atoms. The maximum Gasteiger partial charge on any atom is 0.285 e. The average molecular weight is 351 g/mol. The number of benzene rings is 2. The molecule has 3 rings (SSSR count). The number of halogens is 2.